The first-order chi connectivity index (χ1) is 9.51. The summed E-state index contributed by atoms with van der Waals surface area (Å²) >= 11 is 9.21. The molecule has 0 aromatic heterocycles. The molecule has 6 heteroatoms. The van der Waals surface area contributed by atoms with E-state index in [2.05, 4.69) is 21.2 Å². The number of nitrogens with two attached hydrogens (primary N) is 1. The van der Waals surface area contributed by atoms with E-state index in [1.54, 1.807) is 36.4 Å². The van der Waals surface area contributed by atoms with E-state index >= 15 is 0 Å². The van der Waals surface area contributed by atoms with Crippen molar-refractivity contribution in [3.8, 4) is 5.75 Å². The molecule has 0 saturated heterocycles. The number of nitrogen functional groups attached to an aromatic ring is 1. The summed E-state index contributed by atoms with van der Waals surface area (Å²) in [6.07, 6.45) is 0. The van der Waals surface area contributed by atoms with Crippen LogP contribution in [0.25, 0.3) is 0 Å². The summed E-state index contributed by atoms with van der Waals surface area (Å²) < 4.78 is 5.81. The molecule has 0 atom stereocenters. The lowest BCUT2D eigenvalue weighted by molar-refractivity contribution is 0.102. The molecule has 2 aromatic rings. The molecule has 104 valence electrons. The highest BCUT2D eigenvalue weighted by Crippen LogP contribution is 2.26. The molecule has 2 aromatic carbocycles. The van der Waals surface area contributed by atoms with Crippen molar-refractivity contribution in [2.24, 2.45) is 0 Å². The van der Waals surface area contributed by atoms with Crippen molar-refractivity contribution in [1.82, 2.24) is 0 Å². The van der Waals surface area contributed by atoms with Crippen LogP contribution in [0.5, 0.6) is 5.75 Å². The number of amides is 1. The van der Waals surface area contributed by atoms with Crippen molar-refractivity contribution in [3.05, 3.63) is 51.5 Å². The van der Waals surface area contributed by atoms with Gasteiger partial charge in [-0.15, -0.1) is 0 Å². The molecule has 0 bridgehead atoms. The van der Waals surface area contributed by atoms with Crippen LogP contribution in [0.15, 0.2) is 40.9 Å². The molecular formula is C14H12BrClN2O2. The number of ether oxygens (including phenoxy) is 1. The van der Waals surface area contributed by atoms with Crippen LogP contribution in [-0.4, -0.2) is 13.0 Å². The van der Waals surface area contributed by atoms with Crippen molar-refractivity contribution < 1.29 is 9.53 Å². The van der Waals surface area contributed by atoms with Crippen LogP contribution in [-0.2, 0) is 0 Å². The number of carbonyl (C=O) groups excluding carboxylic acids is 1. The molecule has 20 heavy (non-hydrogen) atoms. The minimum absolute atomic E-state index is 0.252. The minimum atomic E-state index is -0.252. The predicted molar refractivity (Wildman–Crippen MR) is 84.5 cm³/mol. The van der Waals surface area contributed by atoms with Gasteiger partial charge in [-0.05, 0) is 52.3 Å². The van der Waals surface area contributed by atoms with E-state index < -0.39 is 0 Å². The molecule has 0 aliphatic rings. The summed E-state index contributed by atoms with van der Waals surface area (Å²) in [5, 5.41) is 3.35. The summed E-state index contributed by atoms with van der Waals surface area (Å²) in [6.45, 7) is 0. The van der Waals surface area contributed by atoms with E-state index in [0.29, 0.717) is 32.2 Å². The number of methoxy groups -OCH3 is 1. The molecular weight excluding hydrogens is 344 g/mol. The number of hydrogen-bond donors (Lipinski definition) is 2. The maximum Gasteiger partial charge on any atom is 0.255 e. The van der Waals surface area contributed by atoms with Crippen LogP contribution < -0.4 is 15.8 Å². The third-order valence-electron chi connectivity index (χ3n) is 2.67. The Kier molecular flexibility index (Phi) is 4.52. The number of anilines is 2. The number of carbonyl (C=O) groups is 1. The Hall–Kier alpha value is -1.72. The lowest BCUT2D eigenvalue weighted by atomic mass is 10.1. The molecule has 0 radical (unpaired) electrons. The number of nitrogens with one attached hydrogen (secondary N) is 1. The van der Waals surface area contributed by atoms with Gasteiger partial charge >= 0.3 is 0 Å². The molecule has 0 fully saturated rings. The van der Waals surface area contributed by atoms with E-state index in [-0.39, 0.29) is 5.91 Å². The van der Waals surface area contributed by atoms with E-state index in [0.717, 1.165) is 0 Å². The van der Waals surface area contributed by atoms with Gasteiger partial charge in [-0.1, -0.05) is 11.6 Å². The average molecular weight is 356 g/mol. The van der Waals surface area contributed by atoms with Gasteiger partial charge in [0.25, 0.3) is 5.91 Å². The zero-order valence-electron chi connectivity index (χ0n) is 10.6. The zero-order chi connectivity index (χ0) is 14.7. The topological polar surface area (TPSA) is 64.3 Å². The Morgan fingerprint density at radius 2 is 2.05 bits per heavy atom. The first-order valence-corrected chi connectivity index (χ1v) is 6.88. The molecule has 1 amide bonds. The van der Waals surface area contributed by atoms with E-state index in [4.69, 9.17) is 22.1 Å². The largest absolute Gasteiger partial charge is 0.495 e. The second-order valence-electron chi connectivity index (χ2n) is 4.04. The highest BCUT2D eigenvalue weighted by Gasteiger charge is 2.10. The molecule has 2 rings (SSSR count). The lowest BCUT2D eigenvalue weighted by Crippen LogP contribution is -2.12. The molecule has 0 heterocycles. The number of rotatable bonds is 3. The van der Waals surface area contributed by atoms with Crippen LogP contribution in [0, 0.1) is 0 Å². The van der Waals surface area contributed by atoms with Gasteiger partial charge in [0, 0.05) is 15.7 Å². The van der Waals surface area contributed by atoms with Crippen molar-refractivity contribution in [3.63, 3.8) is 0 Å². The van der Waals surface area contributed by atoms with Gasteiger partial charge in [0.1, 0.15) is 5.75 Å². The van der Waals surface area contributed by atoms with Gasteiger partial charge in [0.15, 0.2) is 0 Å². The molecule has 3 N–H and O–H groups in total. The maximum absolute atomic E-state index is 12.1. The average Bonchev–Trinajstić information content (AvgIpc) is 2.43. The second kappa shape index (κ2) is 6.15. The first kappa shape index (κ1) is 14.7. The Bertz CT molecular complexity index is 662. The highest BCUT2D eigenvalue weighted by molar-refractivity contribution is 9.10. The Morgan fingerprint density at radius 1 is 1.30 bits per heavy atom. The first-order valence-electron chi connectivity index (χ1n) is 5.71. The van der Waals surface area contributed by atoms with Gasteiger partial charge in [0.05, 0.1) is 17.8 Å². The molecule has 0 spiro atoms. The third-order valence-corrected chi connectivity index (χ3v) is 3.89. The second-order valence-corrected chi connectivity index (χ2v) is 5.30. The highest BCUT2D eigenvalue weighted by atomic mass is 79.9. The normalized spacial score (nSPS) is 10.2. The van der Waals surface area contributed by atoms with Crippen LogP contribution >= 0.6 is 27.5 Å². The summed E-state index contributed by atoms with van der Waals surface area (Å²) in [5.41, 5.74) is 7.30. The summed E-state index contributed by atoms with van der Waals surface area (Å²) in [6, 6.07) is 10.0. The van der Waals surface area contributed by atoms with E-state index in [9.17, 15) is 4.79 Å². The van der Waals surface area contributed by atoms with Gasteiger partial charge in [-0.2, -0.15) is 0 Å². The van der Waals surface area contributed by atoms with Gasteiger partial charge in [-0.3, -0.25) is 4.79 Å². The van der Waals surface area contributed by atoms with Crippen LogP contribution in [0.4, 0.5) is 11.4 Å². The van der Waals surface area contributed by atoms with Gasteiger partial charge in [0.2, 0.25) is 0 Å². The Morgan fingerprint density at radius 3 is 2.70 bits per heavy atom. The van der Waals surface area contributed by atoms with E-state index in [1.807, 2.05) is 0 Å². The van der Waals surface area contributed by atoms with Crippen LogP contribution in [0.3, 0.4) is 0 Å². The zero-order valence-corrected chi connectivity index (χ0v) is 13.0. The summed E-state index contributed by atoms with van der Waals surface area (Å²) in [7, 11) is 1.50. The molecule has 0 aliphatic carbocycles. The van der Waals surface area contributed by atoms with Crippen molar-refractivity contribution >= 4 is 44.8 Å². The smallest absolute Gasteiger partial charge is 0.255 e. The number of halogens is 2. The SMILES string of the molecule is COc1cc(C(=O)Nc2ccc(Cl)c(Br)c2)ccc1N. The fourth-order valence-corrected chi connectivity index (χ4v) is 2.13. The summed E-state index contributed by atoms with van der Waals surface area (Å²) in [4.78, 5) is 12.1. The van der Waals surface area contributed by atoms with Gasteiger partial charge < -0.3 is 15.8 Å². The Labute approximate surface area is 130 Å². The van der Waals surface area contributed by atoms with Crippen LogP contribution in [0.1, 0.15) is 10.4 Å². The fraction of sp³-hybridized carbons (Fsp3) is 0.0714. The number of benzene rings is 2. The molecule has 0 unspecified atom stereocenters. The quantitative estimate of drug-likeness (QED) is 0.820. The minimum Gasteiger partial charge on any atom is -0.495 e. The van der Waals surface area contributed by atoms with Gasteiger partial charge in [-0.25, -0.2) is 0 Å². The summed E-state index contributed by atoms with van der Waals surface area (Å²) in [5.74, 6) is 0.215. The molecule has 0 saturated carbocycles. The molecule has 0 aliphatic heterocycles. The monoisotopic (exact) mass is 354 g/mol. The Balaban J connectivity index is 2.21. The lowest BCUT2D eigenvalue weighted by Gasteiger charge is -2.09. The number of hydrogen-bond acceptors (Lipinski definition) is 3. The van der Waals surface area contributed by atoms with E-state index in [1.165, 1.54) is 7.11 Å². The third kappa shape index (κ3) is 3.23. The molecule has 4 nitrogen and oxygen atoms in total. The van der Waals surface area contributed by atoms with Crippen molar-refractivity contribution in [2.75, 3.05) is 18.2 Å². The maximum atomic E-state index is 12.1. The fourth-order valence-electron chi connectivity index (χ4n) is 1.63. The van der Waals surface area contributed by atoms with Crippen molar-refractivity contribution in [2.45, 2.75) is 0 Å². The van der Waals surface area contributed by atoms with Crippen LogP contribution in [0.2, 0.25) is 5.02 Å². The predicted octanol–water partition coefficient (Wildman–Crippen LogP) is 3.95. The standard InChI is InChI=1S/C14H12BrClN2O2/c1-20-13-6-8(2-5-12(13)17)14(19)18-9-3-4-11(16)10(15)7-9/h2-7H,17H2,1H3,(H,18,19). The van der Waals surface area contributed by atoms with Crippen molar-refractivity contribution in [1.29, 1.82) is 0 Å².